The highest BCUT2D eigenvalue weighted by atomic mass is 35.5. The van der Waals surface area contributed by atoms with Crippen LogP contribution in [0.2, 0.25) is 10.0 Å². The molecule has 0 aliphatic heterocycles. The summed E-state index contributed by atoms with van der Waals surface area (Å²) in [6.45, 7) is 1.20. The molecule has 104 valence electrons. The molecule has 0 unspecified atom stereocenters. The number of para-hydroxylation sites is 1. The average Bonchev–Trinajstić information content (AvgIpc) is 2.34. The largest absolute Gasteiger partial charge is 0.464 e. The number of esters is 2. The van der Waals surface area contributed by atoms with Crippen LogP contribution in [0.5, 0.6) is 5.75 Å². The molecular formula is C12H12Cl2O5. The predicted octanol–water partition coefficient (Wildman–Crippen LogP) is 2.48. The van der Waals surface area contributed by atoms with Crippen molar-refractivity contribution in [2.45, 2.75) is 6.92 Å². The second kappa shape index (κ2) is 7.99. The first kappa shape index (κ1) is 15.8. The molecular weight excluding hydrogens is 295 g/mol. The highest BCUT2D eigenvalue weighted by Crippen LogP contribution is 2.32. The van der Waals surface area contributed by atoms with Gasteiger partial charge in [0.15, 0.2) is 5.75 Å². The summed E-state index contributed by atoms with van der Waals surface area (Å²) in [5.74, 6) is -1.19. The van der Waals surface area contributed by atoms with Gasteiger partial charge >= 0.3 is 11.9 Å². The Bertz CT molecular complexity index is 441. The van der Waals surface area contributed by atoms with E-state index >= 15 is 0 Å². The highest BCUT2D eigenvalue weighted by molar-refractivity contribution is 6.37. The summed E-state index contributed by atoms with van der Waals surface area (Å²) in [4.78, 5) is 22.4. The van der Waals surface area contributed by atoms with Crippen molar-refractivity contribution in [3.05, 3.63) is 28.2 Å². The molecule has 0 aliphatic rings. The third-order valence-electron chi connectivity index (χ3n) is 1.88. The molecule has 0 heterocycles. The zero-order chi connectivity index (χ0) is 14.3. The number of rotatable bonds is 6. The van der Waals surface area contributed by atoms with E-state index in [1.165, 1.54) is 12.1 Å². The van der Waals surface area contributed by atoms with Gasteiger partial charge in [-0.2, -0.15) is 0 Å². The van der Waals surface area contributed by atoms with Gasteiger partial charge in [0.25, 0.3) is 0 Å². The number of hydrogen-bond donors (Lipinski definition) is 0. The number of carbonyl (C=O) groups excluding carboxylic acids is 2. The monoisotopic (exact) mass is 306 g/mol. The Kier molecular flexibility index (Phi) is 6.62. The number of ether oxygens (including phenoxy) is 3. The van der Waals surface area contributed by atoms with E-state index in [4.69, 9.17) is 32.7 Å². The SMILES string of the molecule is CCOC(=O)COCC(=O)Oc1c(Cl)cccc1Cl. The van der Waals surface area contributed by atoms with Crippen LogP contribution in [0.15, 0.2) is 18.2 Å². The number of carbonyl (C=O) groups is 2. The Morgan fingerprint density at radius 2 is 1.68 bits per heavy atom. The van der Waals surface area contributed by atoms with E-state index in [1.54, 1.807) is 13.0 Å². The van der Waals surface area contributed by atoms with Crippen molar-refractivity contribution in [3.8, 4) is 5.75 Å². The molecule has 0 saturated carbocycles. The molecule has 5 nitrogen and oxygen atoms in total. The molecule has 7 heteroatoms. The van der Waals surface area contributed by atoms with E-state index in [2.05, 4.69) is 4.74 Å². The van der Waals surface area contributed by atoms with Crippen LogP contribution in [0.1, 0.15) is 6.92 Å². The minimum Gasteiger partial charge on any atom is -0.464 e. The van der Waals surface area contributed by atoms with Gasteiger partial charge in [0.1, 0.15) is 13.2 Å². The molecule has 0 spiro atoms. The van der Waals surface area contributed by atoms with E-state index < -0.39 is 18.5 Å². The third kappa shape index (κ3) is 5.46. The van der Waals surface area contributed by atoms with Crippen LogP contribution in [0, 0.1) is 0 Å². The quantitative estimate of drug-likeness (QED) is 0.597. The molecule has 0 aliphatic carbocycles. The fourth-order valence-corrected chi connectivity index (χ4v) is 1.62. The van der Waals surface area contributed by atoms with E-state index in [9.17, 15) is 9.59 Å². The zero-order valence-corrected chi connectivity index (χ0v) is 11.7. The lowest BCUT2D eigenvalue weighted by Gasteiger charge is -2.08. The Labute approximate surface area is 120 Å². The Morgan fingerprint density at radius 3 is 2.26 bits per heavy atom. The van der Waals surface area contributed by atoms with Gasteiger partial charge in [-0.1, -0.05) is 29.3 Å². The Morgan fingerprint density at radius 1 is 1.11 bits per heavy atom. The summed E-state index contributed by atoms with van der Waals surface area (Å²) in [5.41, 5.74) is 0. The van der Waals surface area contributed by atoms with Crippen molar-refractivity contribution in [2.24, 2.45) is 0 Å². The second-order valence-corrected chi connectivity index (χ2v) is 4.14. The van der Waals surface area contributed by atoms with Gasteiger partial charge in [0, 0.05) is 0 Å². The van der Waals surface area contributed by atoms with Crippen molar-refractivity contribution in [1.29, 1.82) is 0 Å². The number of halogens is 2. The molecule has 0 fully saturated rings. The Balaban J connectivity index is 2.41. The lowest BCUT2D eigenvalue weighted by atomic mass is 10.3. The Hall–Kier alpha value is -1.30. The van der Waals surface area contributed by atoms with Crippen molar-refractivity contribution in [1.82, 2.24) is 0 Å². The maximum atomic E-state index is 11.4. The summed E-state index contributed by atoms with van der Waals surface area (Å²) >= 11 is 11.6. The molecule has 0 bridgehead atoms. The first-order valence-corrected chi connectivity index (χ1v) is 6.18. The van der Waals surface area contributed by atoms with E-state index in [1.807, 2.05) is 0 Å². The van der Waals surface area contributed by atoms with Crippen LogP contribution in [-0.2, 0) is 19.1 Å². The van der Waals surface area contributed by atoms with Gasteiger partial charge in [0.2, 0.25) is 0 Å². The maximum Gasteiger partial charge on any atom is 0.337 e. The van der Waals surface area contributed by atoms with Crippen molar-refractivity contribution in [2.75, 3.05) is 19.8 Å². The van der Waals surface area contributed by atoms with E-state index in [0.717, 1.165) is 0 Å². The van der Waals surface area contributed by atoms with E-state index in [0.29, 0.717) is 0 Å². The smallest absolute Gasteiger partial charge is 0.337 e. The molecule has 1 rings (SSSR count). The van der Waals surface area contributed by atoms with Crippen LogP contribution < -0.4 is 4.74 Å². The third-order valence-corrected chi connectivity index (χ3v) is 2.48. The lowest BCUT2D eigenvalue weighted by Crippen LogP contribution is -2.20. The van der Waals surface area contributed by atoms with Crippen LogP contribution in [0.4, 0.5) is 0 Å². The molecule has 1 aromatic carbocycles. The summed E-state index contributed by atoms with van der Waals surface area (Å²) < 4.78 is 14.4. The molecule has 19 heavy (non-hydrogen) atoms. The summed E-state index contributed by atoms with van der Waals surface area (Å²) in [6, 6.07) is 4.70. The van der Waals surface area contributed by atoms with Crippen LogP contribution >= 0.6 is 23.2 Å². The van der Waals surface area contributed by atoms with Crippen LogP contribution in [0.25, 0.3) is 0 Å². The summed E-state index contributed by atoms with van der Waals surface area (Å²) in [7, 11) is 0. The van der Waals surface area contributed by atoms with Gasteiger partial charge in [-0.05, 0) is 19.1 Å². The van der Waals surface area contributed by atoms with Crippen molar-refractivity contribution < 1.29 is 23.8 Å². The first-order valence-electron chi connectivity index (χ1n) is 5.42. The van der Waals surface area contributed by atoms with Gasteiger partial charge in [-0.15, -0.1) is 0 Å². The summed E-state index contributed by atoms with van der Waals surface area (Å²) in [6.07, 6.45) is 0. The fraction of sp³-hybridized carbons (Fsp3) is 0.333. The normalized spacial score (nSPS) is 10.1. The second-order valence-electron chi connectivity index (χ2n) is 3.32. The van der Waals surface area contributed by atoms with Crippen molar-refractivity contribution >= 4 is 35.1 Å². The predicted molar refractivity (Wildman–Crippen MR) is 69.5 cm³/mol. The molecule has 0 aromatic heterocycles. The average molecular weight is 307 g/mol. The maximum absolute atomic E-state index is 11.4. The topological polar surface area (TPSA) is 61.8 Å². The highest BCUT2D eigenvalue weighted by Gasteiger charge is 2.13. The van der Waals surface area contributed by atoms with Gasteiger partial charge in [-0.3, -0.25) is 0 Å². The molecule has 1 aromatic rings. The van der Waals surface area contributed by atoms with Gasteiger partial charge in [0.05, 0.1) is 16.7 Å². The minimum atomic E-state index is -0.709. The van der Waals surface area contributed by atoms with E-state index in [-0.39, 0.29) is 29.0 Å². The van der Waals surface area contributed by atoms with Crippen LogP contribution in [0.3, 0.4) is 0 Å². The summed E-state index contributed by atoms with van der Waals surface area (Å²) in [5, 5.41) is 0.428. The molecule has 0 amide bonds. The standard InChI is InChI=1S/C12H12Cl2O5/c1-2-18-10(15)6-17-7-11(16)19-12-8(13)4-3-5-9(12)14/h3-5H,2,6-7H2,1H3. The zero-order valence-electron chi connectivity index (χ0n) is 10.2. The minimum absolute atomic E-state index is 0.0653. The number of hydrogen-bond acceptors (Lipinski definition) is 5. The number of benzene rings is 1. The molecule has 0 atom stereocenters. The fourth-order valence-electron chi connectivity index (χ4n) is 1.14. The van der Waals surface area contributed by atoms with Crippen molar-refractivity contribution in [3.63, 3.8) is 0 Å². The molecule has 0 saturated heterocycles. The van der Waals surface area contributed by atoms with Gasteiger partial charge in [-0.25, -0.2) is 9.59 Å². The molecule has 0 N–H and O–H groups in total. The molecule has 0 radical (unpaired) electrons. The van der Waals surface area contributed by atoms with Gasteiger partial charge < -0.3 is 14.2 Å². The van der Waals surface area contributed by atoms with Crippen LogP contribution in [-0.4, -0.2) is 31.8 Å². The lowest BCUT2D eigenvalue weighted by molar-refractivity contribution is -0.151. The first-order chi connectivity index (χ1) is 9.04.